The molecule has 1 saturated heterocycles. The highest BCUT2D eigenvalue weighted by molar-refractivity contribution is 5.37. The van der Waals surface area contributed by atoms with Crippen molar-refractivity contribution in [1.29, 1.82) is 0 Å². The number of nitrogens with one attached hydrogen (secondary N) is 1. The molecule has 0 amide bonds. The van der Waals surface area contributed by atoms with Crippen molar-refractivity contribution in [3.63, 3.8) is 0 Å². The van der Waals surface area contributed by atoms with Crippen molar-refractivity contribution >= 4 is 0 Å². The summed E-state index contributed by atoms with van der Waals surface area (Å²) in [7, 11) is 0. The van der Waals surface area contributed by atoms with Gasteiger partial charge in [-0.15, -0.1) is 0 Å². The van der Waals surface area contributed by atoms with E-state index in [1.54, 1.807) is 11.1 Å². The second-order valence-electron chi connectivity index (χ2n) is 4.71. The van der Waals surface area contributed by atoms with E-state index < -0.39 is 0 Å². The predicted octanol–water partition coefficient (Wildman–Crippen LogP) is 1.95. The normalized spacial score (nSPS) is 24.3. The Hall–Kier alpha value is -0.600. The third-order valence-electron chi connectivity index (χ3n) is 3.55. The van der Waals surface area contributed by atoms with Crippen LogP contribution in [0.15, 0.2) is 22.8 Å². The summed E-state index contributed by atoms with van der Waals surface area (Å²) in [5.41, 5.74) is 4.72. The molecule has 1 heterocycles. The maximum atomic E-state index is 3.40. The number of hydrogen-bond acceptors (Lipinski definition) is 2. The van der Waals surface area contributed by atoms with E-state index in [-0.39, 0.29) is 0 Å². The van der Waals surface area contributed by atoms with Crippen LogP contribution in [-0.2, 0) is 0 Å². The third kappa shape index (κ3) is 2.70. The second-order valence-corrected chi connectivity index (χ2v) is 4.71. The van der Waals surface area contributed by atoms with Gasteiger partial charge in [-0.2, -0.15) is 0 Å². The monoisotopic (exact) mass is 206 g/mol. The molecule has 0 spiro atoms. The molecule has 0 aromatic heterocycles. The Balaban J connectivity index is 2.00. The van der Waals surface area contributed by atoms with Gasteiger partial charge in [-0.3, -0.25) is 4.90 Å². The molecule has 0 bridgehead atoms. The maximum Gasteiger partial charge on any atom is 0.0236 e. The minimum Gasteiger partial charge on any atom is -0.314 e. The zero-order valence-electron chi connectivity index (χ0n) is 9.97. The van der Waals surface area contributed by atoms with Crippen molar-refractivity contribution in [1.82, 2.24) is 10.2 Å². The van der Waals surface area contributed by atoms with Gasteiger partial charge in [-0.1, -0.05) is 17.2 Å². The van der Waals surface area contributed by atoms with E-state index in [1.807, 2.05) is 0 Å². The van der Waals surface area contributed by atoms with Crippen LogP contribution in [0.3, 0.4) is 0 Å². The lowest BCUT2D eigenvalue weighted by molar-refractivity contribution is 0.259. The molecule has 1 fully saturated rings. The molecule has 2 aliphatic rings. The van der Waals surface area contributed by atoms with Crippen LogP contribution in [0.25, 0.3) is 0 Å². The zero-order valence-corrected chi connectivity index (χ0v) is 9.97. The van der Waals surface area contributed by atoms with Gasteiger partial charge in [0.25, 0.3) is 0 Å². The van der Waals surface area contributed by atoms with Crippen molar-refractivity contribution in [2.75, 3.05) is 32.7 Å². The van der Waals surface area contributed by atoms with Crippen LogP contribution in [0.5, 0.6) is 0 Å². The van der Waals surface area contributed by atoms with Gasteiger partial charge < -0.3 is 5.32 Å². The van der Waals surface area contributed by atoms with Gasteiger partial charge in [0.2, 0.25) is 0 Å². The predicted molar refractivity (Wildman–Crippen MR) is 65.0 cm³/mol. The summed E-state index contributed by atoms with van der Waals surface area (Å²) in [5.74, 6) is 0. The van der Waals surface area contributed by atoms with Crippen LogP contribution >= 0.6 is 0 Å². The third-order valence-corrected chi connectivity index (χ3v) is 3.55. The average Bonchev–Trinajstić information content (AvgIpc) is 2.25. The summed E-state index contributed by atoms with van der Waals surface area (Å²) in [6.07, 6.45) is 4.89. The van der Waals surface area contributed by atoms with E-state index in [0.717, 1.165) is 19.6 Å². The summed E-state index contributed by atoms with van der Waals surface area (Å²) >= 11 is 0. The van der Waals surface area contributed by atoms with Gasteiger partial charge in [0.15, 0.2) is 0 Å². The smallest absolute Gasteiger partial charge is 0.0236 e. The number of hydrogen-bond donors (Lipinski definition) is 1. The van der Waals surface area contributed by atoms with Gasteiger partial charge in [0, 0.05) is 32.7 Å². The molecule has 84 valence electrons. The van der Waals surface area contributed by atoms with Crippen LogP contribution in [0.4, 0.5) is 0 Å². The Labute approximate surface area is 93.0 Å². The largest absolute Gasteiger partial charge is 0.314 e. The molecule has 0 unspecified atom stereocenters. The summed E-state index contributed by atoms with van der Waals surface area (Å²) in [5, 5.41) is 3.40. The van der Waals surface area contributed by atoms with E-state index in [2.05, 4.69) is 30.1 Å². The van der Waals surface area contributed by atoms with Crippen LogP contribution in [0.2, 0.25) is 0 Å². The average molecular weight is 206 g/mol. The first-order chi connectivity index (χ1) is 7.27. The van der Waals surface area contributed by atoms with Crippen molar-refractivity contribution in [2.45, 2.75) is 26.7 Å². The van der Waals surface area contributed by atoms with Crippen LogP contribution in [0, 0.1) is 0 Å². The Morgan fingerprint density at radius 3 is 2.67 bits per heavy atom. The molecule has 2 heteroatoms. The maximum absolute atomic E-state index is 3.40. The lowest BCUT2D eigenvalue weighted by atomic mass is 9.92. The molecule has 0 saturated carbocycles. The topological polar surface area (TPSA) is 15.3 Å². The highest BCUT2D eigenvalue weighted by atomic mass is 15.2. The summed E-state index contributed by atoms with van der Waals surface area (Å²) in [6, 6.07) is 0. The van der Waals surface area contributed by atoms with Crippen LogP contribution < -0.4 is 5.32 Å². The highest BCUT2D eigenvalue weighted by Gasteiger charge is 2.15. The molecule has 15 heavy (non-hydrogen) atoms. The standard InChI is InChI=1S/C13H22N2/c1-11-4-3-5-12(2)13(11)10-15-8-6-14-7-9-15/h4,14H,3,5-10H2,1-2H3. The lowest BCUT2D eigenvalue weighted by Crippen LogP contribution is -2.44. The van der Waals surface area contributed by atoms with Crippen molar-refractivity contribution in [3.8, 4) is 0 Å². The van der Waals surface area contributed by atoms with Gasteiger partial charge in [0.1, 0.15) is 0 Å². The first kappa shape index (κ1) is 10.9. The molecule has 0 aromatic rings. The van der Waals surface area contributed by atoms with Crippen molar-refractivity contribution < 1.29 is 0 Å². The first-order valence-electron chi connectivity index (χ1n) is 6.06. The van der Waals surface area contributed by atoms with Crippen molar-refractivity contribution in [3.05, 3.63) is 22.8 Å². The minimum atomic E-state index is 1.15. The molecule has 1 aliphatic carbocycles. The van der Waals surface area contributed by atoms with E-state index >= 15 is 0 Å². The van der Waals surface area contributed by atoms with E-state index in [0.29, 0.717) is 0 Å². The summed E-state index contributed by atoms with van der Waals surface area (Å²) in [4.78, 5) is 2.57. The molecule has 1 N–H and O–H groups in total. The molecule has 2 rings (SSSR count). The molecule has 2 nitrogen and oxygen atoms in total. The minimum absolute atomic E-state index is 1.15. The fourth-order valence-corrected chi connectivity index (χ4v) is 2.47. The molecule has 1 aliphatic heterocycles. The van der Waals surface area contributed by atoms with Crippen LogP contribution in [0.1, 0.15) is 26.7 Å². The van der Waals surface area contributed by atoms with Crippen LogP contribution in [-0.4, -0.2) is 37.6 Å². The van der Waals surface area contributed by atoms with Gasteiger partial charge in [-0.25, -0.2) is 0 Å². The lowest BCUT2D eigenvalue weighted by Gasteiger charge is -2.30. The molecule has 0 radical (unpaired) electrons. The quantitative estimate of drug-likeness (QED) is 0.743. The molecular formula is C13H22N2. The number of rotatable bonds is 2. The summed E-state index contributed by atoms with van der Waals surface area (Å²) < 4.78 is 0. The van der Waals surface area contributed by atoms with Crippen molar-refractivity contribution in [2.24, 2.45) is 0 Å². The van der Waals surface area contributed by atoms with Gasteiger partial charge >= 0.3 is 0 Å². The van der Waals surface area contributed by atoms with Gasteiger partial charge in [-0.05, 0) is 32.3 Å². The Kier molecular flexibility index (Phi) is 3.60. The van der Waals surface area contributed by atoms with E-state index in [9.17, 15) is 0 Å². The zero-order chi connectivity index (χ0) is 10.7. The highest BCUT2D eigenvalue weighted by Crippen LogP contribution is 2.25. The number of piperazine rings is 1. The molecule has 0 atom stereocenters. The Bertz CT molecular complexity index is 283. The SMILES string of the molecule is CC1=CCCC(C)=C1CN1CCNCC1. The second kappa shape index (κ2) is 4.95. The van der Waals surface area contributed by atoms with E-state index in [1.165, 1.54) is 31.5 Å². The fourth-order valence-electron chi connectivity index (χ4n) is 2.47. The Morgan fingerprint density at radius 1 is 1.27 bits per heavy atom. The summed E-state index contributed by atoms with van der Waals surface area (Å²) in [6.45, 7) is 10.4. The fraction of sp³-hybridized carbons (Fsp3) is 0.692. The first-order valence-corrected chi connectivity index (χ1v) is 6.06. The van der Waals surface area contributed by atoms with Gasteiger partial charge in [0.05, 0.1) is 0 Å². The number of nitrogens with zero attached hydrogens (tertiary/aromatic N) is 1. The Morgan fingerprint density at radius 2 is 2.00 bits per heavy atom. The molecule has 0 aromatic carbocycles. The van der Waals surface area contributed by atoms with E-state index in [4.69, 9.17) is 0 Å². The molecular weight excluding hydrogens is 184 g/mol. The number of allylic oxidation sites excluding steroid dienone is 2.